The number of likely N-dealkylation sites (tertiary alicyclic amines) is 1. The predicted molar refractivity (Wildman–Crippen MR) is 148 cm³/mol. The molecule has 2 aliphatic heterocycles. The molecule has 2 aliphatic rings. The highest BCUT2D eigenvalue weighted by molar-refractivity contribution is 5.95. The Morgan fingerprint density at radius 3 is 2.33 bits per heavy atom. The summed E-state index contributed by atoms with van der Waals surface area (Å²) in [4.78, 5) is 30.2. The Bertz CT molecular complexity index is 1400. The van der Waals surface area contributed by atoms with E-state index in [0.717, 1.165) is 38.0 Å². The van der Waals surface area contributed by atoms with E-state index in [4.69, 9.17) is 4.74 Å². The van der Waals surface area contributed by atoms with Gasteiger partial charge in [0.1, 0.15) is 23.5 Å². The minimum Gasteiger partial charge on any atom is -0.379 e. The maximum Gasteiger partial charge on any atom is 0.259 e. The van der Waals surface area contributed by atoms with E-state index < -0.39 is 23.1 Å². The number of piperidine rings is 1. The van der Waals surface area contributed by atoms with Crippen LogP contribution in [0, 0.1) is 23.5 Å². The number of pyridine rings is 1. The first-order valence-corrected chi connectivity index (χ1v) is 13.9. The van der Waals surface area contributed by atoms with Crippen LogP contribution >= 0.6 is 0 Å². The van der Waals surface area contributed by atoms with Crippen LogP contribution in [0.15, 0.2) is 36.8 Å². The zero-order valence-electron chi connectivity index (χ0n) is 22.9. The van der Waals surface area contributed by atoms with Crippen LogP contribution in [0.1, 0.15) is 59.6 Å². The summed E-state index contributed by atoms with van der Waals surface area (Å²) in [5.41, 5.74) is 2.83. The van der Waals surface area contributed by atoms with Crippen molar-refractivity contribution < 1.29 is 18.3 Å². The maximum absolute atomic E-state index is 15.4. The first kappa shape index (κ1) is 27.8. The van der Waals surface area contributed by atoms with Gasteiger partial charge in [-0.1, -0.05) is 25.7 Å². The number of amides is 1. The molecule has 4 heterocycles. The predicted octanol–water partition coefficient (Wildman–Crippen LogP) is 4.28. The Balaban J connectivity index is 1.38. The third-order valence-corrected chi connectivity index (χ3v) is 7.62. The zero-order chi connectivity index (χ0) is 28.1. The normalized spacial score (nSPS) is 16.4. The molecular weight excluding hydrogens is 512 g/mol. The molecule has 40 heavy (non-hydrogen) atoms. The number of halogens is 2. The van der Waals surface area contributed by atoms with Gasteiger partial charge in [-0.15, -0.1) is 0 Å². The average Bonchev–Trinajstić information content (AvgIpc) is 3.00. The Morgan fingerprint density at radius 2 is 1.70 bits per heavy atom. The summed E-state index contributed by atoms with van der Waals surface area (Å²) in [5.74, 6) is 3.73. The van der Waals surface area contributed by atoms with Crippen LogP contribution in [0.5, 0.6) is 0 Å². The van der Waals surface area contributed by atoms with Crippen LogP contribution in [-0.4, -0.2) is 76.1 Å². The van der Waals surface area contributed by atoms with Gasteiger partial charge in [0.05, 0.1) is 30.2 Å². The van der Waals surface area contributed by atoms with Gasteiger partial charge in [-0.05, 0) is 49.9 Å². The first-order chi connectivity index (χ1) is 19.5. The highest BCUT2D eigenvalue weighted by Gasteiger charge is 2.31. The minimum absolute atomic E-state index is 0.207. The van der Waals surface area contributed by atoms with Crippen molar-refractivity contribution >= 4 is 5.91 Å². The van der Waals surface area contributed by atoms with E-state index in [2.05, 4.69) is 31.7 Å². The number of benzene rings is 1. The van der Waals surface area contributed by atoms with Gasteiger partial charge in [0.25, 0.3) is 5.91 Å². The van der Waals surface area contributed by atoms with Crippen LogP contribution in [0.3, 0.4) is 0 Å². The number of hydrogen-bond acceptors (Lipinski definition) is 6. The molecule has 7 nitrogen and oxygen atoms in total. The molecule has 1 aromatic carbocycles. The van der Waals surface area contributed by atoms with Gasteiger partial charge < -0.3 is 9.64 Å². The fourth-order valence-corrected chi connectivity index (χ4v) is 5.33. The lowest BCUT2D eigenvalue weighted by molar-refractivity contribution is 0.00149. The minimum atomic E-state index is -0.912. The molecule has 2 fully saturated rings. The van der Waals surface area contributed by atoms with Gasteiger partial charge in [-0.25, -0.2) is 18.7 Å². The molecule has 0 N–H and O–H groups in total. The van der Waals surface area contributed by atoms with Crippen molar-refractivity contribution in [3.05, 3.63) is 76.5 Å². The van der Waals surface area contributed by atoms with Crippen molar-refractivity contribution in [3.8, 4) is 23.1 Å². The molecule has 0 bridgehead atoms. The van der Waals surface area contributed by atoms with Crippen LogP contribution < -0.4 is 0 Å². The third kappa shape index (κ3) is 6.03. The van der Waals surface area contributed by atoms with Crippen molar-refractivity contribution in [2.24, 2.45) is 0 Å². The summed E-state index contributed by atoms with van der Waals surface area (Å²) < 4.78 is 36.2. The van der Waals surface area contributed by atoms with Crippen LogP contribution in [0.25, 0.3) is 11.3 Å². The summed E-state index contributed by atoms with van der Waals surface area (Å²) in [5, 5.41) is 0. The summed E-state index contributed by atoms with van der Waals surface area (Å²) in [6.07, 6.45) is 6.00. The SMILES string of the molecule is CCc1ccc(C#Cc2c(CC)ncnc2-c2cc(F)c(C(=O)N3CCC(N4CCOCC4)CC3)c(F)c2)cn1. The number of aromatic nitrogens is 3. The molecule has 0 atom stereocenters. The van der Waals surface area contributed by atoms with E-state index >= 15 is 8.78 Å². The van der Waals surface area contributed by atoms with Gasteiger partial charge in [-0.2, -0.15) is 0 Å². The molecule has 208 valence electrons. The topological polar surface area (TPSA) is 71.5 Å². The van der Waals surface area contributed by atoms with E-state index in [-0.39, 0.29) is 5.56 Å². The second-order valence-electron chi connectivity index (χ2n) is 10.0. The number of carbonyl (C=O) groups is 1. The highest BCUT2D eigenvalue weighted by Crippen LogP contribution is 2.28. The largest absolute Gasteiger partial charge is 0.379 e. The molecule has 0 radical (unpaired) electrons. The van der Waals surface area contributed by atoms with E-state index in [0.29, 0.717) is 61.3 Å². The monoisotopic (exact) mass is 545 g/mol. The van der Waals surface area contributed by atoms with E-state index in [1.54, 1.807) is 11.1 Å². The second-order valence-corrected chi connectivity index (χ2v) is 10.0. The summed E-state index contributed by atoms with van der Waals surface area (Å²) in [6, 6.07) is 6.49. The first-order valence-electron chi connectivity index (χ1n) is 13.9. The molecule has 0 aliphatic carbocycles. The molecule has 2 saturated heterocycles. The molecule has 0 unspecified atom stereocenters. The fraction of sp³-hybridized carbons (Fsp3) is 0.419. The summed E-state index contributed by atoms with van der Waals surface area (Å²) >= 11 is 0. The summed E-state index contributed by atoms with van der Waals surface area (Å²) in [6.45, 7) is 8.05. The molecule has 3 aromatic rings. The molecular formula is C31H33F2N5O2. The van der Waals surface area contributed by atoms with Gasteiger partial charge in [0, 0.05) is 55.2 Å². The average molecular weight is 546 g/mol. The Hall–Kier alpha value is -3.74. The quantitative estimate of drug-likeness (QED) is 0.446. The van der Waals surface area contributed by atoms with Crippen molar-refractivity contribution in [2.45, 2.75) is 45.6 Å². The maximum atomic E-state index is 15.4. The summed E-state index contributed by atoms with van der Waals surface area (Å²) in [7, 11) is 0. The Labute approximate surface area is 233 Å². The zero-order valence-corrected chi connectivity index (χ0v) is 22.9. The fourth-order valence-electron chi connectivity index (χ4n) is 5.33. The van der Waals surface area contributed by atoms with Crippen LogP contribution in [0.2, 0.25) is 0 Å². The van der Waals surface area contributed by atoms with E-state index in [9.17, 15) is 4.79 Å². The van der Waals surface area contributed by atoms with Gasteiger partial charge in [-0.3, -0.25) is 14.7 Å². The van der Waals surface area contributed by atoms with Gasteiger partial charge in [0.15, 0.2) is 0 Å². The molecule has 5 rings (SSSR count). The molecule has 1 amide bonds. The number of carbonyl (C=O) groups excluding carboxylic acids is 1. The van der Waals surface area contributed by atoms with Crippen LogP contribution in [0.4, 0.5) is 8.78 Å². The smallest absolute Gasteiger partial charge is 0.259 e. The van der Waals surface area contributed by atoms with Crippen molar-refractivity contribution in [3.63, 3.8) is 0 Å². The number of aryl methyl sites for hydroxylation is 2. The number of ether oxygens (including phenoxy) is 1. The molecule has 0 saturated carbocycles. The van der Waals surface area contributed by atoms with Crippen molar-refractivity contribution in [2.75, 3.05) is 39.4 Å². The number of hydrogen-bond donors (Lipinski definition) is 0. The second kappa shape index (κ2) is 12.6. The Morgan fingerprint density at radius 1 is 0.975 bits per heavy atom. The number of morpholine rings is 1. The lowest BCUT2D eigenvalue weighted by Gasteiger charge is -2.40. The molecule has 2 aromatic heterocycles. The van der Waals surface area contributed by atoms with Crippen molar-refractivity contribution in [1.29, 1.82) is 0 Å². The number of rotatable bonds is 5. The molecule has 9 heteroatoms. The third-order valence-electron chi connectivity index (χ3n) is 7.62. The Kier molecular flexibility index (Phi) is 8.78. The van der Waals surface area contributed by atoms with E-state index in [1.165, 1.54) is 18.5 Å². The molecule has 0 spiro atoms. The lowest BCUT2D eigenvalue weighted by atomic mass is 9.99. The van der Waals surface area contributed by atoms with Crippen molar-refractivity contribution in [1.82, 2.24) is 24.8 Å². The lowest BCUT2D eigenvalue weighted by Crippen LogP contribution is -2.50. The highest BCUT2D eigenvalue weighted by atomic mass is 19.1. The van der Waals surface area contributed by atoms with Gasteiger partial charge >= 0.3 is 0 Å². The standard InChI is InChI=1S/C31H33F2N5O2/c1-3-23-7-5-21(19-34-23)6-8-25-28(4-2)35-20-36-30(25)22-17-26(32)29(27(33)18-22)31(39)38-11-9-24(10-12-38)37-13-15-40-16-14-37/h5,7,17-20,24H,3-4,9-16H2,1-2H3. The van der Waals surface area contributed by atoms with E-state index in [1.807, 2.05) is 26.0 Å². The van der Waals surface area contributed by atoms with Gasteiger partial charge in [0.2, 0.25) is 0 Å². The van der Waals surface area contributed by atoms with Crippen LogP contribution in [-0.2, 0) is 17.6 Å². The number of nitrogens with zero attached hydrogens (tertiary/aromatic N) is 5.